The van der Waals surface area contributed by atoms with E-state index in [2.05, 4.69) is 17.6 Å². The van der Waals surface area contributed by atoms with E-state index in [4.69, 9.17) is 4.74 Å². The lowest BCUT2D eigenvalue weighted by molar-refractivity contribution is -0.125. The van der Waals surface area contributed by atoms with Crippen molar-refractivity contribution in [1.29, 1.82) is 0 Å². The van der Waals surface area contributed by atoms with Crippen LogP contribution in [0, 0.1) is 11.8 Å². The molecule has 24 heavy (non-hydrogen) atoms. The minimum atomic E-state index is 0.0578. The van der Waals surface area contributed by atoms with Crippen LogP contribution >= 0.6 is 0 Å². The average molecular weight is 324 g/mol. The maximum absolute atomic E-state index is 12.3. The van der Waals surface area contributed by atoms with Gasteiger partial charge in [-0.15, -0.1) is 0 Å². The van der Waals surface area contributed by atoms with Crippen LogP contribution in [0.3, 0.4) is 0 Å². The molecule has 126 valence electrons. The Hall–Kier alpha value is -2.33. The summed E-state index contributed by atoms with van der Waals surface area (Å²) in [6.45, 7) is 4.80. The lowest BCUT2D eigenvalue weighted by atomic mass is 9.97. The summed E-state index contributed by atoms with van der Waals surface area (Å²) in [5.41, 5.74) is 2.13. The third-order valence-corrected chi connectivity index (χ3v) is 4.52. The Morgan fingerprint density at radius 1 is 1.12 bits per heavy atom. The summed E-state index contributed by atoms with van der Waals surface area (Å²) in [5, 5.41) is 6.32. The van der Waals surface area contributed by atoms with E-state index in [9.17, 15) is 4.79 Å². The molecule has 1 amide bonds. The van der Waals surface area contributed by atoms with Gasteiger partial charge in [-0.2, -0.15) is 0 Å². The van der Waals surface area contributed by atoms with Crippen molar-refractivity contribution < 1.29 is 9.53 Å². The second kappa shape index (κ2) is 7.97. The van der Waals surface area contributed by atoms with Gasteiger partial charge in [-0.05, 0) is 24.1 Å². The molecule has 0 aromatic heterocycles. The molecular formula is C20H24N2O2. The van der Waals surface area contributed by atoms with E-state index in [-0.39, 0.29) is 11.8 Å². The summed E-state index contributed by atoms with van der Waals surface area (Å²) in [4.78, 5) is 12.3. The Labute approximate surface area is 143 Å². The molecule has 2 N–H and O–H groups in total. The molecule has 2 aromatic carbocycles. The number of para-hydroxylation sites is 1. The minimum Gasteiger partial charge on any atom is -0.489 e. The van der Waals surface area contributed by atoms with Crippen LogP contribution in [-0.2, 0) is 17.9 Å². The predicted octanol–water partition coefficient (Wildman–Crippen LogP) is 2.74. The van der Waals surface area contributed by atoms with Gasteiger partial charge in [0.2, 0.25) is 5.91 Å². The molecule has 4 nitrogen and oxygen atoms in total. The van der Waals surface area contributed by atoms with Crippen molar-refractivity contribution in [3.05, 3.63) is 65.7 Å². The first-order valence-electron chi connectivity index (χ1n) is 8.47. The first-order chi connectivity index (χ1) is 11.7. The minimum absolute atomic E-state index is 0.0578. The second-order valence-electron chi connectivity index (χ2n) is 6.34. The van der Waals surface area contributed by atoms with Gasteiger partial charge >= 0.3 is 0 Å². The van der Waals surface area contributed by atoms with Gasteiger partial charge in [0.25, 0.3) is 0 Å². The molecule has 2 atom stereocenters. The van der Waals surface area contributed by atoms with Gasteiger partial charge < -0.3 is 15.4 Å². The van der Waals surface area contributed by atoms with Crippen LogP contribution in [-0.4, -0.2) is 19.0 Å². The predicted molar refractivity (Wildman–Crippen MR) is 94.6 cm³/mol. The Bertz CT molecular complexity index is 672. The van der Waals surface area contributed by atoms with E-state index in [1.807, 2.05) is 54.6 Å². The highest BCUT2D eigenvalue weighted by molar-refractivity contribution is 5.79. The van der Waals surface area contributed by atoms with E-state index >= 15 is 0 Å². The van der Waals surface area contributed by atoms with Crippen LogP contribution in [0.15, 0.2) is 54.6 Å². The monoisotopic (exact) mass is 324 g/mol. The maximum atomic E-state index is 12.3. The Balaban J connectivity index is 1.58. The highest BCUT2D eigenvalue weighted by Crippen LogP contribution is 2.20. The fourth-order valence-electron chi connectivity index (χ4n) is 3.00. The number of hydrogen-bond donors (Lipinski definition) is 2. The zero-order valence-corrected chi connectivity index (χ0v) is 14.0. The molecule has 0 aliphatic carbocycles. The van der Waals surface area contributed by atoms with Crippen LogP contribution in [0.25, 0.3) is 0 Å². The maximum Gasteiger partial charge on any atom is 0.224 e. The number of hydrogen-bond acceptors (Lipinski definition) is 3. The SMILES string of the molecule is C[C@@H]1CNC[C@H]1C(=O)NCc1ccccc1OCc1ccccc1. The number of benzene rings is 2. The van der Waals surface area contributed by atoms with Crippen LogP contribution in [0.1, 0.15) is 18.1 Å². The van der Waals surface area contributed by atoms with E-state index < -0.39 is 0 Å². The van der Waals surface area contributed by atoms with E-state index in [0.29, 0.717) is 19.1 Å². The van der Waals surface area contributed by atoms with Crippen LogP contribution in [0.2, 0.25) is 0 Å². The third-order valence-electron chi connectivity index (χ3n) is 4.52. The number of amides is 1. The fraction of sp³-hybridized carbons (Fsp3) is 0.350. The molecule has 3 rings (SSSR count). The molecule has 1 aliphatic heterocycles. The van der Waals surface area contributed by atoms with Gasteiger partial charge in [0.15, 0.2) is 0 Å². The first-order valence-corrected chi connectivity index (χ1v) is 8.47. The lowest BCUT2D eigenvalue weighted by Gasteiger charge is -2.16. The lowest BCUT2D eigenvalue weighted by Crippen LogP contribution is -2.34. The van der Waals surface area contributed by atoms with Crippen molar-refractivity contribution in [2.75, 3.05) is 13.1 Å². The second-order valence-corrected chi connectivity index (χ2v) is 6.34. The Kier molecular flexibility index (Phi) is 5.49. The first kappa shape index (κ1) is 16.5. The number of carbonyl (C=O) groups is 1. The molecule has 1 fully saturated rings. The summed E-state index contributed by atoms with van der Waals surface area (Å²) in [7, 11) is 0. The number of nitrogens with one attached hydrogen (secondary N) is 2. The van der Waals surface area contributed by atoms with Gasteiger partial charge in [0.1, 0.15) is 12.4 Å². The van der Waals surface area contributed by atoms with Gasteiger partial charge in [-0.25, -0.2) is 0 Å². The van der Waals surface area contributed by atoms with Crippen LogP contribution in [0.5, 0.6) is 5.75 Å². The van der Waals surface area contributed by atoms with Crippen molar-refractivity contribution in [2.24, 2.45) is 11.8 Å². The molecule has 0 spiro atoms. The Morgan fingerprint density at radius 3 is 2.62 bits per heavy atom. The number of ether oxygens (including phenoxy) is 1. The summed E-state index contributed by atoms with van der Waals surface area (Å²) >= 11 is 0. The summed E-state index contributed by atoms with van der Waals surface area (Å²) in [5.74, 6) is 1.38. The molecule has 1 saturated heterocycles. The zero-order valence-electron chi connectivity index (χ0n) is 14.0. The summed E-state index contributed by atoms with van der Waals surface area (Å²) in [6.07, 6.45) is 0. The molecule has 0 radical (unpaired) electrons. The van der Waals surface area contributed by atoms with E-state index in [1.54, 1.807) is 0 Å². The molecule has 1 heterocycles. The Morgan fingerprint density at radius 2 is 1.88 bits per heavy atom. The van der Waals surface area contributed by atoms with Gasteiger partial charge in [-0.1, -0.05) is 55.5 Å². The third kappa shape index (κ3) is 4.15. The van der Waals surface area contributed by atoms with Gasteiger partial charge in [-0.3, -0.25) is 4.79 Å². The molecule has 4 heteroatoms. The molecule has 0 saturated carbocycles. The summed E-state index contributed by atoms with van der Waals surface area (Å²) in [6, 6.07) is 17.9. The van der Waals surface area contributed by atoms with Crippen molar-refractivity contribution >= 4 is 5.91 Å². The molecule has 0 unspecified atom stereocenters. The van der Waals surface area contributed by atoms with Crippen molar-refractivity contribution in [2.45, 2.75) is 20.1 Å². The highest BCUT2D eigenvalue weighted by atomic mass is 16.5. The molecule has 2 aromatic rings. The standard InChI is InChI=1S/C20H24N2O2/c1-15-11-21-13-18(15)20(23)22-12-17-9-5-6-10-19(17)24-14-16-7-3-2-4-8-16/h2-10,15,18,21H,11-14H2,1H3,(H,22,23)/t15-,18-/m1/s1. The van der Waals surface area contributed by atoms with Gasteiger partial charge in [0.05, 0.1) is 5.92 Å². The van der Waals surface area contributed by atoms with Crippen LogP contribution < -0.4 is 15.4 Å². The summed E-state index contributed by atoms with van der Waals surface area (Å²) < 4.78 is 5.94. The van der Waals surface area contributed by atoms with E-state index in [1.165, 1.54) is 0 Å². The van der Waals surface area contributed by atoms with Gasteiger partial charge in [0, 0.05) is 18.7 Å². The van der Waals surface area contributed by atoms with Crippen molar-refractivity contribution in [3.63, 3.8) is 0 Å². The van der Waals surface area contributed by atoms with Crippen molar-refractivity contribution in [3.8, 4) is 5.75 Å². The molecular weight excluding hydrogens is 300 g/mol. The largest absolute Gasteiger partial charge is 0.489 e. The number of rotatable bonds is 6. The fourth-order valence-corrected chi connectivity index (χ4v) is 3.00. The van der Waals surface area contributed by atoms with Crippen molar-refractivity contribution in [1.82, 2.24) is 10.6 Å². The normalized spacial score (nSPS) is 19.9. The number of carbonyl (C=O) groups excluding carboxylic acids is 1. The molecule has 1 aliphatic rings. The quantitative estimate of drug-likeness (QED) is 0.859. The average Bonchev–Trinajstić information content (AvgIpc) is 3.05. The van der Waals surface area contributed by atoms with Crippen LogP contribution in [0.4, 0.5) is 0 Å². The van der Waals surface area contributed by atoms with E-state index in [0.717, 1.165) is 30.0 Å². The zero-order chi connectivity index (χ0) is 16.8. The highest BCUT2D eigenvalue weighted by Gasteiger charge is 2.29. The smallest absolute Gasteiger partial charge is 0.224 e. The molecule has 0 bridgehead atoms. The topological polar surface area (TPSA) is 50.4 Å².